The lowest BCUT2D eigenvalue weighted by Gasteiger charge is -2.13. The van der Waals surface area contributed by atoms with Crippen LogP contribution in [0.5, 0.6) is 0 Å². The number of pyridine rings is 1. The molecular weight excluding hydrogens is 279 g/mol. The smallest absolute Gasteiger partial charge is 0.0468 e. The normalized spacial score (nSPS) is 12.4. The summed E-state index contributed by atoms with van der Waals surface area (Å²) in [7, 11) is 0. The van der Waals surface area contributed by atoms with Crippen molar-refractivity contribution >= 4 is 23.2 Å². The molecule has 4 heteroatoms. The number of benzene rings is 1. The van der Waals surface area contributed by atoms with Crippen molar-refractivity contribution in [1.82, 2.24) is 4.98 Å². The van der Waals surface area contributed by atoms with Crippen LogP contribution in [0.25, 0.3) is 0 Å². The van der Waals surface area contributed by atoms with Gasteiger partial charge in [0.25, 0.3) is 0 Å². The molecule has 0 fully saturated rings. The van der Waals surface area contributed by atoms with Gasteiger partial charge in [0, 0.05) is 34.4 Å². The van der Waals surface area contributed by atoms with E-state index in [1.807, 2.05) is 18.3 Å². The molecule has 1 aromatic heterocycles. The molecule has 2 N–H and O–H groups in total. The van der Waals surface area contributed by atoms with Crippen molar-refractivity contribution in [1.29, 1.82) is 0 Å². The third-order valence-electron chi connectivity index (χ3n) is 3.09. The van der Waals surface area contributed by atoms with Crippen LogP contribution in [0.3, 0.4) is 0 Å². The Morgan fingerprint density at radius 3 is 2.58 bits per heavy atom. The molecule has 0 aliphatic carbocycles. The number of nitrogens with zero attached hydrogens (tertiary/aromatic N) is 1. The number of nitrogens with two attached hydrogens (primary N) is 1. The Bertz CT molecular complexity index is 553. The van der Waals surface area contributed by atoms with Gasteiger partial charge in [-0.05, 0) is 35.7 Å². The number of aromatic nitrogens is 1. The third-order valence-corrected chi connectivity index (χ3v) is 3.65. The van der Waals surface area contributed by atoms with Gasteiger partial charge in [0.15, 0.2) is 0 Å². The fourth-order valence-corrected chi connectivity index (χ4v) is 2.47. The van der Waals surface area contributed by atoms with Gasteiger partial charge in [-0.3, -0.25) is 4.98 Å². The summed E-state index contributed by atoms with van der Waals surface area (Å²) in [6.45, 7) is 2.11. The molecule has 1 unspecified atom stereocenters. The Kier molecular flexibility index (Phi) is 4.81. The maximum absolute atomic E-state index is 6.18. The van der Waals surface area contributed by atoms with Gasteiger partial charge in [0.05, 0.1) is 0 Å². The summed E-state index contributed by atoms with van der Waals surface area (Å²) in [5.74, 6) is 0. The second-order valence-electron chi connectivity index (χ2n) is 4.49. The molecule has 1 aromatic carbocycles. The molecule has 1 atom stereocenters. The minimum atomic E-state index is -0.176. The van der Waals surface area contributed by atoms with E-state index >= 15 is 0 Å². The van der Waals surface area contributed by atoms with Crippen LogP contribution < -0.4 is 5.73 Å². The molecule has 19 heavy (non-hydrogen) atoms. The topological polar surface area (TPSA) is 38.9 Å². The quantitative estimate of drug-likeness (QED) is 0.918. The van der Waals surface area contributed by atoms with Crippen LogP contribution in [0, 0.1) is 0 Å². The van der Waals surface area contributed by atoms with Crippen molar-refractivity contribution in [3.8, 4) is 0 Å². The van der Waals surface area contributed by atoms with Crippen LogP contribution >= 0.6 is 23.2 Å². The van der Waals surface area contributed by atoms with E-state index in [0.717, 1.165) is 17.7 Å². The second kappa shape index (κ2) is 6.38. The van der Waals surface area contributed by atoms with Gasteiger partial charge in [0.2, 0.25) is 0 Å². The lowest BCUT2D eigenvalue weighted by molar-refractivity contribution is 0.706. The van der Waals surface area contributed by atoms with Crippen LogP contribution in [0.2, 0.25) is 10.0 Å². The highest BCUT2D eigenvalue weighted by Crippen LogP contribution is 2.26. The summed E-state index contributed by atoms with van der Waals surface area (Å²) in [6, 6.07) is 9.31. The van der Waals surface area contributed by atoms with Gasteiger partial charge >= 0.3 is 0 Å². The van der Waals surface area contributed by atoms with Gasteiger partial charge in [-0.2, -0.15) is 0 Å². The van der Waals surface area contributed by atoms with E-state index in [4.69, 9.17) is 28.9 Å². The molecule has 2 nitrogen and oxygen atoms in total. The fraction of sp³-hybridized carbons (Fsp3) is 0.267. The van der Waals surface area contributed by atoms with Crippen LogP contribution in [-0.2, 0) is 12.8 Å². The first-order valence-corrected chi connectivity index (χ1v) is 7.00. The first-order chi connectivity index (χ1) is 9.10. The Morgan fingerprint density at radius 1 is 1.21 bits per heavy atom. The molecule has 0 saturated carbocycles. The fourth-order valence-electron chi connectivity index (χ4n) is 1.92. The highest BCUT2D eigenvalue weighted by atomic mass is 35.5. The summed E-state index contributed by atoms with van der Waals surface area (Å²) in [5.41, 5.74) is 9.27. The van der Waals surface area contributed by atoms with Crippen molar-refractivity contribution in [2.24, 2.45) is 5.73 Å². The van der Waals surface area contributed by atoms with Gasteiger partial charge in [-0.25, -0.2) is 0 Å². The van der Waals surface area contributed by atoms with Crippen molar-refractivity contribution < 1.29 is 0 Å². The molecule has 0 bridgehead atoms. The zero-order valence-corrected chi connectivity index (χ0v) is 12.2. The number of halogens is 2. The van der Waals surface area contributed by atoms with Crippen LogP contribution in [0.4, 0.5) is 0 Å². The van der Waals surface area contributed by atoms with Gasteiger partial charge in [0.1, 0.15) is 0 Å². The summed E-state index contributed by atoms with van der Waals surface area (Å²) in [5, 5.41) is 1.22. The second-order valence-corrected chi connectivity index (χ2v) is 5.33. The van der Waals surface area contributed by atoms with Gasteiger partial charge < -0.3 is 5.73 Å². The molecule has 0 aliphatic heterocycles. The van der Waals surface area contributed by atoms with E-state index in [2.05, 4.69) is 18.0 Å². The Labute approximate surface area is 123 Å². The summed E-state index contributed by atoms with van der Waals surface area (Å²) < 4.78 is 0. The molecular formula is C15H16Cl2N2. The van der Waals surface area contributed by atoms with Crippen LogP contribution in [0.1, 0.15) is 29.8 Å². The zero-order chi connectivity index (χ0) is 13.8. The number of hydrogen-bond acceptors (Lipinski definition) is 2. The van der Waals surface area contributed by atoms with E-state index in [0.29, 0.717) is 16.5 Å². The number of rotatable bonds is 4. The minimum absolute atomic E-state index is 0.176. The first kappa shape index (κ1) is 14.3. The molecule has 0 amide bonds. The maximum atomic E-state index is 6.18. The van der Waals surface area contributed by atoms with Crippen molar-refractivity contribution in [2.45, 2.75) is 25.8 Å². The Hall–Kier alpha value is -1.09. The lowest BCUT2D eigenvalue weighted by atomic mass is 10.0. The van der Waals surface area contributed by atoms with E-state index in [1.165, 1.54) is 5.56 Å². The number of aryl methyl sites for hydroxylation is 1. The molecule has 2 rings (SSSR count). The molecule has 100 valence electrons. The number of hydrogen-bond donors (Lipinski definition) is 1. The average Bonchev–Trinajstić information content (AvgIpc) is 2.39. The zero-order valence-electron chi connectivity index (χ0n) is 10.7. The van der Waals surface area contributed by atoms with Crippen LogP contribution in [-0.4, -0.2) is 4.98 Å². The van der Waals surface area contributed by atoms with Crippen LogP contribution in [0.15, 0.2) is 36.5 Å². The molecule has 0 saturated heterocycles. The average molecular weight is 295 g/mol. The SMILES string of the molecule is CCc1ccc(CC(N)c2ccc(Cl)cc2Cl)nc1. The third kappa shape index (κ3) is 3.69. The van der Waals surface area contributed by atoms with Gasteiger partial charge in [-0.1, -0.05) is 42.3 Å². The Morgan fingerprint density at radius 2 is 2.00 bits per heavy atom. The predicted molar refractivity (Wildman–Crippen MR) is 80.7 cm³/mol. The van der Waals surface area contributed by atoms with Gasteiger partial charge in [-0.15, -0.1) is 0 Å². The van der Waals surface area contributed by atoms with E-state index in [-0.39, 0.29) is 6.04 Å². The maximum Gasteiger partial charge on any atom is 0.0468 e. The molecule has 0 radical (unpaired) electrons. The molecule has 2 aromatic rings. The van der Waals surface area contributed by atoms with Crippen molar-refractivity contribution in [2.75, 3.05) is 0 Å². The highest BCUT2D eigenvalue weighted by molar-refractivity contribution is 6.35. The minimum Gasteiger partial charge on any atom is -0.324 e. The summed E-state index contributed by atoms with van der Waals surface area (Å²) in [6.07, 6.45) is 3.54. The van der Waals surface area contributed by atoms with E-state index in [9.17, 15) is 0 Å². The molecule has 1 heterocycles. The summed E-state index contributed by atoms with van der Waals surface area (Å²) >= 11 is 12.0. The predicted octanol–water partition coefficient (Wildman–Crippen LogP) is 4.19. The first-order valence-electron chi connectivity index (χ1n) is 6.24. The molecule has 0 aliphatic rings. The van der Waals surface area contributed by atoms with E-state index in [1.54, 1.807) is 12.1 Å². The Balaban J connectivity index is 2.13. The highest BCUT2D eigenvalue weighted by Gasteiger charge is 2.12. The lowest BCUT2D eigenvalue weighted by Crippen LogP contribution is -2.14. The van der Waals surface area contributed by atoms with Crippen molar-refractivity contribution in [3.63, 3.8) is 0 Å². The monoisotopic (exact) mass is 294 g/mol. The summed E-state index contributed by atoms with van der Waals surface area (Å²) in [4.78, 5) is 4.41. The van der Waals surface area contributed by atoms with E-state index < -0.39 is 0 Å². The van der Waals surface area contributed by atoms with Crippen molar-refractivity contribution in [3.05, 3.63) is 63.4 Å². The molecule has 0 spiro atoms. The standard InChI is InChI=1S/C15H16Cl2N2/c1-2-10-3-5-12(19-9-10)8-15(18)13-6-4-11(16)7-14(13)17/h3-7,9,15H,2,8,18H2,1H3. The largest absolute Gasteiger partial charge is 0.324 e.